The van der Waals surface area contributed by atoms with Gasteiger partial charge in [0.2, 0.25) is 5.91 Å². The van der Waals surface area contributed by atoms with Crippen LogP contribution in [0.4, 0.5) is 5.00 Å². The minimum atomic E-state index is 0.0843. The Hall–Kier alpha value is -1.61. The quantitative estimate of drug-likeness (QED) is 0.807. The average Bonchev–Trinajstić information content (AvgIpc) is 2.86. The number of carbonyl (C=O) groups is 1. The van der Waals surface area contributed by atoms with Crippen molar-refractivity contribution in [2.75, 3.05) is 4.90 Å². The van der Waals surface area contributed by atoms with Gasteiger partial charge in [0.25, 0.3) is 0 Å². The van der Waals surface area contributed by atoms with E-state index in [1.807, 2.05) is 41.3 Å². The zero-order chi connectivity index (χ0) is 13.8. The fourth-order valence-corrected chi connectivity index (χ4v) is 2.96. The lowest BCUT2D eigenvalue weighted by molar-refractivity contribution is -0.116. The second-order valence-electron chi connectivity index (χ2n) is 4.92. The van der Waals surface area contributed by atoms with Crippen molar-refractivity contribution in [1.29, 1.82) is 0 Å². The first kappa shape index (κ1) is 13.8. The molecular weight excluding hydrogens is 254 g/mol. The second kappa shape index (κ2) is 6.02. The molecule has 2 rings (SSSR count). The number of rotatable bonds is 4. The third kappa shape index (κ3) is 3.44. The molecule has 0 saturated heterocycles. The summed E-state index contributed by atoms with van der Waals surface area (Å²) in [4.78, 5) is 15.0. The first-order valence-corrected chi connectivity index (χ1v) is 7.31. The summed E-state index contributed by atoms with van der Waals surface area (Å²) in [5.41, 5.74) is 1.15. The lowest BCUT2D eigenvalue weighted by Gasteiger charge is -2.19. The largest absolute Gasteiger partial charge is 0.300 e. The molecule has 0 unspecified atom stereocenters. The maximum absolute atomic E-state index is 11.9. The number of amides is 1. The van der Waals surface area contributed by atoms with Gasteiger partial charge in [-0.2, -0.15) is 0 Å². The van der Waals surface area contributed by atoms with Crippen LogP contribution in [-0.2, 0) is 11.3 Å². The zero-order valence-corrected chi connectivity index (χ0v) is 12.4. The van der Waals surface area contributed by atoms with Gasteiger partial charge in [0.15, 0.2) is 0 Å². The van der Waals surface area contributed by atoms with E-state index in [9.17, 15) is 4.79 Å². The number of anilines is 1. The smallest absolute Gasteiger partial charge is 0.224 e. The summed E-state index contributed by atoms with van der Waals surface area (Å²) in [5.74, 6) is 0.588. The van der Waals surface area contributed by atoms with Gasteiger partial charge in [-0.05, 0) is 23.6 Å². The molecule has 1 aromatic heterocycles. The minimum absolute atomic E-state index is 0.0843. The van der Waals surface area contributed by atoms with Crippen molar-refractivity contribution in [3.63, 3.8) is 0 Å². The normalized spacial score (nSPS) is 10.7. The lowest BCUT2D eigenvalue weighted by Crippen LogP contribution is -2.26. The van der Waals surface area contributed by atoms with Crippen LogP contribution >= 0.6 is 11.3 Å². The maximum atomic E-state index is 11.9. The standard InChI is InChI=1S/C16H19NOS/c1-12(2)15-9-10-16(19-15)17(13(3)18)11-14-7-5-4-6-8-14/h4-10,12H,11H2,1-3H3. The van der Waals surface area contributed by atoms with Crippen molar-refractivity contribution < 1.29 is 4.79 Å². The Kier molecular flexibility index (Phi) is 4.38. The predicted molar refractivity (Wildman–Crippen MR) is 81.7 cm³/mol. The third-order valence-electron chi connectivity index (χ3n) is 3.01. The van der Waals surface area contributed by atoms with E-state index in [0.29, 0.717) is 12.5 Å². The highest BCUT2D eigenvalue weighted by Gasteiger charge is 2.15. The van der Waals surface area contributed by atoms with Crippen LogP contribution in [0.5, 0.6) is 0 Å². The summed E-state index contributed by atoms with van der Waals surface area (Å²) in [6.07, 6.45) is 0. The predicted octanol–water partition coefficient (Wildman–Crippen LogP) is 4.42. The molecule has 0 atom stereocenters. The molecule has 0 aliphatic rings. The molecule has 0 bridgehead atoms. The van der Waals surface area contributed by atoms with E-state index in [-0.39, 0.29) is 5.91 Å². The van der Waals surface area contributed by atoms with Gasteiger partial charge in [-0.25, -0.2) is 0 Å². The molecule has 0 aliphatic carbocycles. The van der Waals surface area contributed by atoms with Crippen molar-refractivity contribution in [2.24, 2.45) is 0 Å². The Morgan fingerprint density at radius 3 is 2.37 bits per heavy atom. The molecule has 19 heavy (non-hydrogen) atoms. The molecule has 0 fully saturated rings. The SMILES string of the molecule is CC(=O)N(Cc1ccccc1)c1ccc(C(C)C)s1. The first-order valence-electron chi connectivity index (χ1n) is 6.49. The van der Waals surface area contributed by atoms with Crippen LogP contribution in [0.25, 0.3) is 0 Å². The summed E-state index contributed by atoms with van der Waals surface area (Å²) in [5, 5.41) is 1.03. The number of benzene rings is 1. The van der Waals surface area contributed by atoms with Crippen LogP contribution < -0.4 is 4.90 Å². The molecule has 1 aromatic carbocycles. The Morgan fingerprint density at radius 2 is 1.84 bits per heavy atom. The fraction of sp³-hybridized carbons (Fsp3) is 0.312. The molecule has 2 nitrogen and oxygen atoms in total. The van der Waals surface area contributed by atoms with E-state index < -0.39 is 0 Å². The number of thiophene rings is 1. The zero-order valence-electron chi connectivity index (χ0n) is 11.6. The van der Waals surface area contributed by atoms with Crippen LogP contribution in [0.2, 0.25) is 0 Å². The Morgan fingerprint density at radius 1 is 1.16 bits per heavy atom. The van der Waals surface area contributed by atoms with Crippen LogP contribution in [-0.4, -0.2) is 5.91 Å². The van der Waals surface area contributed by atoms with E-state index in [4.69, 9.17) is 0 Å². The van der Waals surface area contributed by atoms with E-state index in [2.05, 4.69) is 19.9 Å². The van der Waals surface area contributed by atoms with Gasteiger partial charge in [-0.3, -0.25) is 9.69 Å². The molecule has 2 aromatic rings. The molecule has 1 amide bonds. The van der Waals surface area contributed by atoms with E-state index in [1.54, 1.807) is 18.3 Å². The van der Waals surface area contributed by atoms with Crippen molar-refractivity contribution in [3.8, 4) is 0 Å². The summed E-state index contributed by atoms with van der Waals surface area (Å²) in [6, 6.07) is 14.3. The molecule has 100 valence electrons. The van der Waals surface area contributed by atoms with Gasteiger partial charge >= 0.3 is 0 Å². The molecule has 0 radical (unpaired) electrons. The highest BCUT2D eigenvalue weighted by molar-refractivity contribution is 7.16. The van der Waals surface area contributed by atoms with Gasteiger partial charge < -0.3 is 0 Å². The number of nitrogens with zero attached hydrogens (tertiary/aromatic N) is 1. The monoisotopic (exact) mass is 273 g/mol. The molecule has 0 spiro atoms. The Balaban J connectivity index is 2.22. The molecule has 3 heteroatoms. The highest BCUT2D eigenvalue weighted by Crippen LogP contribution is 2.31. The van der Waals surface area contributed by atoms with Gasteiger partial charge in [-0.15, -0.1) is 11.3 Å². The highest BCUT2D eigenvalue weighted by atomic mass is 32.1. The lowest BCUT2D eigenvalue weighted by atomic mass is 10.2. The Bertz CT molecular complexity index is 545. The van der Waals surface area contributed by atoms with Gasteiger partial charge in [0.1, 0.15) is 0 Å². The summed E-state index contributed by atoms with van der Waals surface area (Å²) >= 11 is 1.70. The number of hydrogen-bond donors (Lipinski definition) is 0. The molecule has 1 heterocycles. The van der Waals surface area contributed by atoms with Crippen molar-refractivity contribution in [3.05, 3.63) is 52.9 Å². The van der Waals surface area contributed by atoms with Crippen LogP contribution in [0, 0.1) is 0 Å². The van der Waals surface area contributed by atoms with Crippen molar-refractivity contribution >= 4 is 22.2 Å². The van der Waals surface area contributed by atoms with E-state index in [1.165, 1.54) is 4.88 Å². The van der Waals surface area contributed by atoms with Crippen LogP contribution in [0.3, 0.4) is 0 Å². The third-order valence-corrected chi connectivity index (χ3v) is 4.42. The minimum Gasteiger partial charge on any atom is -0.300 e. The summed E-state index contributed by atoms with van der Waals surface area (Å²) in [6.45, 7) is 6.60. The summed E-state index contributed by atoms with van der Waals surface area (Å²) < 4.78 is 0. The number of hydrogen-bond acceptors (Lipinski definition) is 2. The first-order chi connectivity index (χ1) is 9.08. The van der Waals surface area contributed by atoms with E-state index in [0.717, 1.165) is 10.6 Å². The van der Waals surface area contributed by atoms with E-state index >= 15 is 0 Å². The van der Waals surface area contributed by atoms with Crippen molar-refractivity contribution in [1.82, 2.24) is 0 Å². The van der Waals surface area contributed by atoms with Gasteiger partial charge in [-0.1, -0.05) is 44.2 Å². The summed E-state index contributed by atoms with van der Waals surface area (Å²) in [7, 11) is 0. The molecule has 0 aliphatic heterocycles. The second-order valence-corrected chi connectivity index (χ2v) is 6.02. The average molecular weight is 273 g/mol. The molecule has 0 saturated carbocycles. The Labute approximate surface area is 118 Å². The van der Waals surface area contributed by atoms with Gasteiger partial charge in [0.05, 0.1) is 11.5 Å². The van der Waals surface area contributed by atoms with Crippen LogP contribution in [0.15, 0.2) is 42.5 Å². The molecular formula is C16H19NOS. The fourth-order valence-electron chi connectivity index (χ4n) is 1.91. The maximum Gasteiger partial charge on any atom is 0.224 e. The topological polar surface area (TPSA) is 20.3 Å². The van der Waals surface area contributed by atoms with Gasteiger partial charge in [0, 0.05) is 11.8 Å². The molecule has 0 N–H and O–H groups in total. The van der Waals surface area contributed by atoms with Crippen molar-refractivity contribution in [2.45, 2.75) is 33.2 Å². The van der Waals surface area contributed by atoms with Crippen LogP contribution in [0.1, 0.15) is 37.1 Å². The number of carbonyl (C=O) groups excluding carboxylic acids is 1.